The summed E-state index contributed by atoms with van der Waals surface area (Å²) in [6.07, 6.45) is -7.36. The Bertz CT molecular complexity index is 1040. The monoisotopic (exact) mass is 538 g/mol. The van der Waals surface area contributed by atoms with Gasteiger partial charge in [-0.25, -0.2) is 0 Å². The summed E-state index contributed by atoms with van der Waals surface area (Å²) in [5, 5.41) is 78.7. The number of benzene rings is 2. The Morgan fingerprint density at radius 1 is 0.789 bits per heavy atom. The number of phenolic OH excluding ortho intramolecular Hbond substituents is 4. The highest BCUT2D eigenvalue weighted by atomic mass is 16.7. The molecule has 0 radical (unpaired) electrons. The van der Waals surface area contributed by atoms with E-state index in [2.05, 4.69) is 0 Å². The van der Waals surface area contributed by atoms with Crippen molar-refractivity contribution in [3.8, 4) is 23.0 Å². The van der Waals surface area contributed by atoms with Crippen LogP contribution in [0.5, 0.6) is 23.0 Å². The molecular weight excluding hydrogens is 504 g/mol. The van der Waals surface area contributed by atoms with Gasteiger partial charge in [-0.15, -0.1) is 0 Å². The van der Waals surface area contributed by atoms with Gasteiger partial charge in [0.25, 0.3) is 6.47 Å². The van der Waals surface area contributed by atoms with Crippen molar-refractivity contribution in [1.29, 1.82) is 0 Å². The van der Waals surface area contributed by atoms with E-state index in [9.17, 15) is 45.6 Å². The molecule has 1 heterocycles. The number of carbonyl (C=O) groups is 1. The zero-order valence-corrected chi connectivity index (χ0v) is 20.5. The molecule has 210 valence electrons. The maximum atomic E-state index is 11.2. The lowest BCUT2D eigenvalue weighted by Gasteiger charge is -2.41. The summed E-state index contributed by atoms with van der Waals surface area (Å²) in [7, 11) is 0. The predicted octanol–water partition coefficient (Wildman–Crippen LogP) is 0.191. The Labute approximate surface area is 218 Å². The summed E-state index contributed by atoms with van der Waals surface area (Å²) in [5.41, 5.74) is 1.35. The molecule has 2 aromatic carbocycles. The molecule has 0 bridgehead atoms. The van der Waals surface area contributed by atoms with Gasteiger partial charge in [-0.3, -0.25) is 4.79 Å². The number of rotatable bonds is 13. The third-order valence-electron chi connectivity index (χ3n) is 6.54. The SMILES string of the molecule is O=COC(CCc1ccc(O)c(O)c1)CC(CCc1ccc(O)c(O)c1)O[C@@H]1O[C@H](CO)[C@@H](O)[C@H](O)[C@H]1O. The molecule has 1 fully saturated rings. The first-order valence-electron chi connectivity index (χ1n) is 12.2. The van der Waals surface area contributed by atoms with Crippen LogP contribution in [0.2, 0.25) is 0 Å². The Kier molecular flexibility index (Phi) is 10.5. The molecule has 0 spiro atoms. The van der Waals surface area contributed by atoms with E-state index in [4.69, 9.17) is 14.2 Å². The summed E-state index contributed by atoms with van der Waals surface area (Å²) >= 11 is 0. The van der Waals surface area contributed by atoms with Crippen LogP contribution >= 0.6 is 0 Å². The Morgan fingerprint density at radius 3 is 1.84 bits per heavy atom. The number of aryl methyl sites for hydroxylation is 2. The highest BCUT2D eigenvalue weighted by Gasteiger charge is 2.45. The van der Waals surface area contributed by atoms with Gasteiger partial charge in [-0.1, -0.05) is 12.1 Å². The Balaban J connectivity index is 1.74. The van der Waals surface area contributed by atoms with Gasteiger partial charge >= 0.3 is 0 Å². The quantitative estimate of drug-likeness (QED) is 0.127. The van der Waals surface area contributed by atoms with Crippen LogP contribution < -0.4 is 0 Å². The largest absolute Gasteiger partial charge is 0.504 e. The minimum Gasteiger partial charge on any atom is -0.504 e. The maximum Gasteiger partial charge on any atom is 0.293 e. The number of aliphatic hydroxyl groups excluding tert-OH is 4. The first-order chi connectivity index (χ1) is 18.1. The maximum absolute atomic E-state index is 11.2. The Morgan fingerprint density at radius 2 is 1.34 bits per heavy atom. The standard InChI is InChI=1S/C26H34O12/c27-12-22-23(33)24(34)25(35)26(38-22)37-17(6-2-15-4-8-19(30)21(32)10-15)11-16(36-13-28)5-1-14-3-7-18(29)20(31)9-14/h3-4,7-10,13,16-17,22-27,29-35H,1-2,5-6,11-12H2/t16?,17?,22-,23-,24+,25-,26-/m1/s1. The molecule has 38 heavy (non-hydrogen) atoms. The molecule has 12 nitrogen and oxygen atoms in total. The molecule has 1 aliphatic rings. The lowest BCUT2D eigenvalue weighted by Crippen LogP contribution is -2.59. The molecule has 0 aliphatic carbocycles. The molecule has 2 aromatic rings. The van der Waals surface area contributed by atoms with Gasteiger partial charge in [0.2, 0.25) is 0 Å². The van der Waals surface area contributed by atoms with Gasteiger partial charge in [0, 0.05) is 6.42 Å². The second kappa shape index (κ2) is 13.6. The average Bonchev–Trinajstić information content (AvgIpc) is 2.90. The number of ether oxygens (including phenoxy) is 3. The normalized spacial score (nSPS) is 25.0. The molecule has 0 amide bonds. The number of carbonyl (C=O) groups excluding carboxylic acids is 1. The third kappa shape index (κ3) is 7.69. The number of aliphatic hydroxyl groups is 4. The lowest BCUT2D eigenvalue weighted by atomic mass is 9.97. The van der Waals surface area contributed by atoms with E-state index < -0.39 is 49.5 Å². The fourth-order valence-corrected chi connectivity index (χ4v) is 4.33. The molecule has 12 heteroatoms. The second-order valence-electron chi connectivity index (χ2n) is 9.27. The molecule has 0 aromatic heterocycles. The van der Waals surface area contributed by atoms with Gasteiger partial charge in [-0.05, 0) is 61.1 Å². The van der Waals surface area contributed by atoms with Crippen LogP contribution in [0.25, 0.3) is 0 Å². The van der Waals surface area contributed by atoms with Gasteiger partial charge < -0.3 is 55.1 Å². The van der Waals surface area contributed by atoms with Gasteiger partial charge in [0.1, 0.15) is 30.5 Å². The van der Waals surface area contributed by atoms with Crippen molar-refractivity contribution in [3.63, 3.8) is 0 Å². The first kappa shape index (κ1) is 29.4. The van der Waals surface area contributed by atoms with Crippen molar-refractivity contribution in [3.05, 3.63) is 47.5 Å². The van der Waals surface area contributed by atoms with E-state index in [1.54, 1.807) is 12.1 Å². The van der Waals surface area contributed by atoms with Crippen LogP contribution in [0.15, 0.2) is 36.4 Å². The van der Waals surface area contributed by atoms with E-state index in [0.717, 1.165) is 0 Å². The fourth-order valence-electron chi connectivity index (χ4n) is 4.33. The minimum absolute atomic E-state index is 0.127. The molecule has 2 unspecified atom stereocenters. The lowest BCUT2D eigenvalue weighted by molar-refractivity contribution is -0.313. The smallest absolute Gasteiger partial charge is 0.293 e. The van der Waals surface area contributed by atoms with Crippen LogP contribution in [-0.2, 0) is 31.8 Å². The number of hydrogen-bond acceptors (Lipinski definition) is 12. The number of phenols is 4. The zero-order chi connectivity index (χ0) is 27.8. The molecule has 3 rings (SSSR count). The average molecular weight is 539 g/mol. The highest BCUT2D eigenvalue weighted by molar-refractivity contribution is 5.41. The molecule has 8 N–H and O–H groups in total. The van der Waals surface area contributed by atoms with Crippen LogP contribution in [0.4, 0.5) is 0 Å². The number of hydrogen-bond donors (Lipinski definition) is 8. The molecule has 0 saturated carbocycles. The number of aromatic hydroxyl groups is 4. The third-order valence-corrected chi connectivity index (χ3v) is 6.54. The van der Waals surface area contributed by atoms with Gasteiger partial charge in [-0.2, -0.15) is 0 Å². The first-order valence-corrected chi connectivity index (χ1v) is 12.2. The van der Waals surface area contributed by atoms with Crippen molar-refractivity contribution in [2.24, 2.45) is 0 Å². The molecule has 1 saturated heterocycles. The molecule has 7 atom stereocenters. The van der Waals surface area contributed by atoms with Crippen LogP contribution in [0, 0.1) is 0 Å². The highest BCUT2D eigenvalue weighted by Crippen LogP contribution is 2.29. The van der Waals surface area contributed by atoms with Crippen molar-refractivity contribution in [2.75, 3.05) is 6.61 Å². The van der Waals surface area contributed by atoms with Crippen molar-refractivity contribution in [1.82, 2.24) is 0 Å². The molecule has 1 aliphatic heterocycles. The fraction of sp³-hybridized carbons (Fsp3) is 0.500. The van der Waals surface area contributed by atoms with E-state index in [1.807, 2.05) is 0 Å². The van der Waals surface area contributed by atoms with E-state index in [0.29, 0.717) is 36.9 Å². The topological polar surface area (TPSA) is 207 Å². The second-order valence-corrected chi connectivity index (χ2v) is 9.27. The summed E-state index contributed by atoms with van der Waals surface area (Å²) in [5.74, 6) is -1.12. The summed E-state index contributed by atoms with van der Waals surface area (Å²) in [6, 6.07) is 8.69. The van der Waals surface area contributed by atoms with Gasteiger partial charge in [0.05, 0.1) is 12.7 Å². The molecular formula is C26H34O12. The predicted molar refractivity (Wildman–Crippen MR) is 130 cm³/mol. The van der Waals surface area contributed by atoms with E-state index in [1.165, 1.54) is 24.3 Å². The van der Waals surface area contributed by atoms with Crippen molar-refractivity contribution >= 4 is 6.47 Å². The van der Waals surface area contributed by atoms with Crippen LogP contribution in [0.3, 0.4) is 0 Å². The summed E-state index contributed by atoms with van der Waals surface area (Å²) in [4.78, 5) is 11.2. The summed E-state index contributed by atoms with van der Waals surface area (Å²) < 4.78 is 16.7. The van der Waals surface area contributed by atoms with Crippen molar-refractivity contribution < 1.29 is 59.9 Å². The summed E-state index contributed by atoms with van der Waals surface area (Å²) in [6.45, 7) is -0.333. The minimum atomic E-state index is -1.63. The van der Waals surface area contributed by atoms with Crippen LogP contribution in [-0.4, -0.2) is 96.8 Å². The Hall–Kier alpha value is -3.13. The van der Waals surface area contributed by atoms with Crippen LogP contribution in [0.1, 0.15) is 30.4 Å². The van der Waals surface area contributed by atoms with E-state index in [-0.39, 0.29) is 35.8 Å². The van der Waals surface area contributed by atoms with E-state index >= 15 is 0 Å². The zero-order valence-electron chi connectivity index (χ0n) is 20.5. The van der Waals surface area contributed by atoms with Gasteiger partial charge in [0.15, 0.2) is 29.3 Å². The van der Waals surface area contributed by atoms with Crippen molar-refractivity contribution in [2.45, 2.75) is 75.0 Å².